The van der Waals surface area contributed by atoms with Gasteiger partial charge in [-0.15, -0.1) is 0 Å². The molecule has 5 nitrogen and oxygen atoms in total. The molecule has 0 atom stereocenters. The lowest BCUT2D eigenvalue weighted by Gasteiger charge is -2.26. The molecule has 0 saturated carbocycles. The number of anilines is 1. The van der Waals surface area contributed by atoms with Crippen molar-refractivity contribution in [2.24, 2.45) is 0 Å². The van der Waals surface area contributed by atoms with Gasteiger partial charge in [0.2, 0.25) is 5.89 Å². The van der Waals surface area contributed by atoms with E-state index in [9.17, 15) is 4.79 Å². The highest BCUT2D eigenvalue weighted by molar-refractivity contribution is 6.36. The van der Waals surface area contributed by atoms with E-state index in [2.05, 4.69) is 31.1 Å². The number of carbonyl (C=O) groups excluding carboxylic acids is 1. The van der Waals surface area contributed by atoms with Crippen molar-refractivity contribution in [3.63, 3.8) is 0 Å². The number of rotatable bonds is 5. The average Bonchev–Trinajstić information content (AvgIpc) is 3.16. The van der Waals surface area contributed by atoms with Gasteiger partial charge in [0.25, 0.3) is 5.91 Å². The molecule has 1 heterocycles. The molecule has 1 N–H and O–H groups in total. The number of hydrogen-bond donors (Lipinski definition) is 1. The maximum absolute atomic E-state index is 13.0. The van der Waals surface area contributed by atoms with Gasteiger partial charge in [0.1, 0.15) is 11.3 Å². The number of oxazole rings is 1. The van der Waals surface area contributed by atoms with Gasteiger partial charge in [-0.05, 0) is 73.4 Å². The first-order chi connectivity index (χ1) is 15.9. The molecule has 34 heavy (non-hydrogen) atoms. The number of nitrogens with zero attached hydrogens (tertiary/aromatic N) is 1. The first-order valence-electron chi connectivity index (χ1n) is 10.9. The molecule has 1 aromatic heterocycles. The Hall–Kier alpha value is -3.02. The third kappa shape index (κ3) is 5.21. The number of ether oxygens (including phenoxy) is 1. The van der Waals surface area contributed by atoms with Crippen molar-refractivity contribution >= 4 is 45.9 Å². The molecule has 0 aliphatic heterocycles. The summed E-state index contributed by atoms with van der Waals surface area (Å²) in [5.74, 6) is 0.725. The fourth-order valence-electron chi connectivity index (χ4n) is 3.43. The first kappa shape index (κ1) is 24.1. The van der Waals surface area contributed by atoms with Crippen LogP contribution in [-0.2, 0) is 10.2 Å². The van der Waals surface area contributed by atoms with Gasteiger partial charge in [-0.3, -0.25) is 4.79 Å². The van der Waals surface area contributed by atoms with Crippen LogP contribution in [0.1, 0.15) is 40.2 Å². The summed E-state index contributed by atoms with van der Waals surface area (Å²) in [6, 6.07) is 18.2. The Labute approximate surface area is 209 Å². The molecule has 0 bridgehead atoms. The standard InChI is InChI=1S/C27H26Cl2N2O3/c1-26(2,3)16-6-10-19(11-7-16)34-27(4,5)25(32)30-18-9-13-23-22(15-18)31-24(33-23)20-12-8-17(28)14-21(20)29/h6-15H,1-5H3,(H,30,32). The lowest BCUT2D eigenvalue weighted by molar-refractivity contribution is -0.128. The monoisotopic (exact) mass is 496 g/mol. The lowest BCUT2D eigenvalue weighted by atomic mass is 9.87. The minimum Gasteiger partial charge on any atom is -0.478 e. The zero-order chi connectivity index (χ0) is 24.7. The highest BCUT2D eigenvalue weighted by atomic mass is 35.5. The molecular formula is C27H26Cl2N2O3. The van der Waals surface area contributed by atoms with Gasteiger partial charge in [0.05, 0.1) is 10.6 Å². The Kier molecular flexibility index (Phi) is 6.36. The predicted octanol–water partition coefficient (Wildman–Crippen LogP) is 7.90. The van der Waals surface area contributed by atoms with E-state index in [-0.39, 0.29) is 11.3 Å². The molecule has 0 spiro atoms. The number of aromatic nitrogens is 1. The second-order valence-electron chi connectivity index (χ2n) is 9.67. The normalized spacial score (nSPS) is 12.1. The van der Waals surface area contributed by atoms with E-state index >= 15 is 0 Å². The number of amides is 1. The van der Waals surface area contributed by atoms with Crippen molar-refractivity contribution in [2.75, 3.05) is 5.32 Å². The number of nitrogens with one attached hydrogen (secondary N) is 1. The van der Waals surface area contributed by atoms with Crippen LogP contribution in [-0.4, -0.2) is 16.5 Å². The Morgan fingerprint density at radius 1 is 0.941 bits per heavy atom. The number of hydrogen-bond acceptors (Lipinski definition) is 4. The molecule has 0 aliphatic carbocycles. The molecule has 4 rings (SSSR count). The van der Waals surface area contributed by atoms with Crippen LogP contribution in [0.5, 0.6) is 5.75 Å². The van der Waals surface area contributed by atoms with Crippen molar-refractivity contribution < 1.29 is 13.9 Å². The second-order valence-corrected chi connectivity index (χ2v) is 10.5. The molecule has 3 aromatic carbocycles. The summed E-state index contributed by atoms with van der Waals surface area (Å²) in [5, 5.41) is 3.89. The topological polar surface area (TPSA) is 64.4 Å². The highest BCUT2D eigenvalue weighted by Gasteiger charge is 2.30. The van der Waals surface area contributed by atoms with Crippen molar-refractivity contribution in [2.45, 2.75) is 45.6 Å². The molecular weight excluding hydrogens is 471 g/mol. The molecule has 7 heteroatoms. The van der Waals surface area contributed by atoms with Crippen LogP contribution in [0.2, 0.25) is 10.0 Å². The molecule has 0 fully saturated rings. The Balaban J connectivity index is 1.50. The summed E-state index contributed by atoms with van der Waals surface area (Å²) >= 11 is 12.3. The minimum absolute atomic E-state index is 0.0456. The number of halogens is 2. The van der Waals surface area contributed by atoms with Gasteiger partial charge in [-0.2, -0.15) is 0 Å². The smallest absolute Gasteiger partial charge is 0.267 e. The van der Waals surface area contributed by atoms with Crippen LogP contribution in [0, 0.1) is 0 Å². The SMILES string of the molecule is CC(C)(Oc1ccc(C(C)(C)C)cc1)C(=O)Nc1ccc2oc(-c3ccc(Cl)cc3Cl)nc2c1. The largest absolute Gasteiger partial charge is 0.478 e. The zero-order valence-electron chi connectivity index (χ0n) is 19.7. The maximum Gasteiger partial charge on any atom is 0.267 e. The Morgan fingerprint density at radius 2 is 1.65 bits per heavy atom. The number of carbonyl (C=O) groups is 1. The van der Waals surface area contributed by atoms with Gasteiger partial charge in [0, 0.05) is 10.7 Å². The quantitative estimate of drug-likeness (QED) is 0.305. The molecule has 0 unspecified atom stereocenters. The molecule has 0 radical (unpaired) electrons. The first-order valence-corrected chi connectivity index (χ1v) is 11.6. The van der Waals surface area contributed by atoms with Crippen LogP contribution in [0.25, 0.3) is 22.6 Å². The van der Waals surface area contributed by atoms with E-state index in [4.69, 9.17) is 32.4 Å². The van der Waals surface area contributed by atoms with Crippen LogP contribution in [0.3, 0.4) is 0 Å². The zero-order valence-corrected chi connectivity index (χ0v) is 21.2. The van der Waals surface area contributed by atoms with E-state index < -0.39 is 5.60 Å². The molecule has 176 valence electrons. The van der Waals surface area contributed by atoms with E-state index in [1.54, 1.807) is 50.2 Å². The van der Waals surface area contributed by atoms with Gasteiger partial charge in [0.15, 0.2) is 11.2 Å². The Morgan fingerprint density at radius 3 is 2.29 bits per heavy atom. The maximum atomic E-state index is 13.0. The van der Waals surface area contributed by atoms with Crippen molar-refractivity contribution in [1.82, 2.24) is 4.98 Å². The second kappa shape index (κ2) is 8.97. The average molecular weight is 497 g/mol. The molecule has 1 amide bonds. The van der Waals surface area contributed by atoms with Crippen molar-refractivity contribution in [3.05, 3.63) is 76.3 Å². The van der Waals surface area contributed by atoms with E-state index in [0.717, 1.165) is 0 Å². The fraction of sp³-hybridized carbons (Fsp3) is 0.259. The van der Waals surface area contributed by atoms with Crippen molar-refractivity contribution in [1.29, 1.82) is 0 Å². The minimum atomic E-state index is -1.09. The van der Waals surface area contributed by atoms with Gasteiger partial charge < -0.3 is 14.5 Å². The van der Waals surface area contributed by atoms with Gasteiger partial charge >= 0.3 is 0 Å². The summed E-state index contributed by atoms with van der Waals surface area (Å²) in [6.45, 7) is 9.92. The van der Waals surface area contributed by atoms with E-state index in [1.807, 2.05) is 24.3 Å². The van der Waals surface area contributed by atoms with Crippen LogP contribution < -0.4 is 10.1 Å². The van der Waals surface area contributed by atoms with Crippen molar-refractivity contribution in [3.8, 4) is 17.2 Å². The van der Waals surface area contributed by atoms with Crippen LogP contribution >= 0.6 is 23.2 Å². The highest BCUT2D eigenvalue weighted by Crippen LogP contribution is 2.33. The molecule has 0 aliphatic rings. The molecule has 0 saturated heterocycles. The summed E-state index contributed by atoms with van der Waals surface area (Å²) in [7, 11) is 0. The third-order valence-corrected chi connectivity index (χ3v) is 5.99. The number of fused-ring (bicyclic) bond motifs is 1. The summed E-state index contributed by atoms with van der Waals surface area (Å²) in [6.07, 6.45) is 0. The predicted molar refractivity (Wildman–Crippen MR) is 138 cm³/mol. The van der Waals surface area contributed by atoms with Crippen LogP contribution in [0.15, 0.2) is 65.1 Å². The summed E-state index contributed by atoms with van der Waals surface area (Å²) < 4.78 is 11.8. The third-order valence-electron chi connectivity index (χ3n) is 5.45. The van der Waals surface area contributed by atoms with Crippen LogP contribution in [0.4, 0.5) is 5.69 Å². The fourth-order valence-corrected chi connectivity index (χ4v) is 3.92. The van der Waals surface area contributed by atoms with E-state index in [1.165, 1.54) is 5.56 Å². The number of benzene rings is 3. The summed E-state index contributed by atoms with van der Waals surface area (Å²) in [5.41, 5.74) is 2.54. The Bertz CT molecular complexity index is 1350. The van der Waals surface area contributed by atoms with E-state index in [0.29, 0.717) is 44.0 Å². The summed E-state index contributed by atoms with van der Waals surface area (Å²) in [4.78, 5) is 17.5. The lowest BCUT2D eigenvalue weighted by Crippen LogP contribution is -2.42. The van der Waals surface area contributed by atoms with Gasteiger partial charge in [-0.1, -0.05) is 56.1 Å². The molecule has 4 aromatic rings. The van der Waals surface area contributed by atoms with Gasteiger partial charge in [-0.25, -0.2) is 4.98 Å².